The van der Waals surface area contributed by atoms with E-state index in [1.165, 1.54) is 0 Å². The van der Waals surface area contributed by atoms with Gasteiger partial charge in [0.25, 0.3) is 0 Å². The summed E-state index contributed by atoms with van der Waals surface area (Å²) >= 11 is 5.88. The minimum absolute atomic E-state index is 0.297. The zero-order chi connectivity index (χ0) is 10.7. The number of hydrogen-bond donors (Lipinski definition) is 0. The highest BCUT2D eigenvalue weighted by Gasteiger charge is 2.28. The Bertz CT molecular complexity index is 304. The van der Waals surface area contributed by atoms with Crippen molar-refractivity contribution in [2.75, 3.05) is 6.61 Å². The molecule has 0 bridgehead atoms. The summed E-state index contributed by atoms with van der Waals surface area (Å²) in [5.41, 5.74) is 0. The van der Waals surface area contributed by atoms with Crippen LogP contribution in [0.3, 0.4) is 0 Å². The highest BCUT2D eigenvalue weighted by atomic mass is 35.5. The maximum atomic E-state index is 5.88. The van der Waals surface area contributed by atoms with Crippen molar-refractivity contribution in [2.24, 2.45) is 0 Å². The Morgan fingerprint density at radius 3 is 2.33 bits per heavy atom. The van der Waals surface area contributed by atoms with E-state index in [2.05, 4.69) is 0 Å². The topological polar surface area (TPSA) is 18.5 Å². The molecule has 0 N–H and O–H groups in total. The van der Waals surface area contributed by atoms with Gasteiger partial charge >= 0.3 is 0 Å². The first-order valence-corrected chi connectivity index (χ1v) is 5.75. The molecule has 82 valence electrons. The van der Waals surface area contributed by atoms with Gasteiger partial charge in [0.1, 0.15) is 17.6 Å². The lowest BCUT2D eigenvalue weighted by Gasteiger charge is -2.31. The minimum atomic E-state index is 0.297. The van der Waals surface area contributed by atoms with E-state index in [4.69, 9.17) is 21.1 Å². The third kappa shape index (κ3) is 2.78. The average Bonchev–Trinajstić information content (AvgIpc) is 2.19. The van der Waals surface area contributed by atoms with Crippen molar-refractivity contribution >= 4 is 11.6 Å². The lowest BCUT2D eigenvalue weighted by Crippen LogP contribution is -2.34. The zero-order valence-electron chi connectivity index (χ0n) is 8.78. The van der Waals surface area contributed by atoms with E-state index in [1.54, 1.807) is 0 Å². The van der Waals surface area contributed by atoms with Crippen molar-refractivity contribution < 1.29 is 9.47 Å². The van der Waals surface area contributed by atoms with Crippen LogP contribution in [0.1, 0.15) is 19.8 Å². The van der Waals surface area contributed by atoms with Crippen molar-refractivity contribution in [2.45, 2.75) is 31.2 Å². The predicted octanol–water partition coefficient (Wildman–Crippen LogP) is 3.23. The van der Waals surface area contributed by atoms with E-state index in [1.807, 2.05) is 31.2 Å². The molecule has 3 heteroatoms. The third-order valence-electron chi connectivity index (χ3n) is 2.47. The number of benzene rings is 1. The van der Waals surface area contributed by atoms with Crippen molar-refractivity contribution in [1.82, 2.24) is 0 Å². The molecule has 1 aliphatic carbocycles. The quantitative estimate of drug-likeness (QED) is 0.734. The summed E-state index contributed by atoms with van der Waals surface area (Å²) in [6.45, 7) is 2.66. The lowest BCUT2D eigenvalue weighted by atomic mass is 9.95. The first-order valence-electron chi connectivity index (χ1n) is 5.31. The summed E-state index contributed by atoms with van der Waals surface area (Å²) in [7, 11) is 0. The van der Waals surface area contributed by atoms with E-state index in [-0.39, 0.29) is 0 Å². The molecule has 0 radical (unpaired) electrons. The highest BCUT2D eigenvalue weighted by molar-refractivity contribution is 6.21. The van der Waals surface area contributed by atoms with E-state index in [0.29, 0.717) is 18.1 Å². The van der Waals surface area contributed by atoms with Crippen LogP contribution < -0.4 is 9.47 Å². The van der Waals surface area contributed by atoms with Crippen LogP contribution in [0.25, 0.3) is 0 Å². The second-order valence-corrected chi connectivity index (χ2v) is 4.33. The highest BCUT2D eigenvalue weighted by Crippen LogP contribution is 2.30. The molecular weight excluding hydrogens is 212 g/mol. The molecule has 2 nitrogen and oxygen atoms in total. The molecular formula is C12H15ClO2. The fourth-order valence-corrected chi connectivity index (χ4v) is 1.97. The number of alkyl halides is 1. The molecule has 0 unspecified atom stereocenters. The van der Waals surface area contributed by atoms with Crippen LogP contribution in [0.15, 0.2) is 24.3 Å². The molecule has 0 heterocycles. The largest absolute Gasteiger partial charge is 0.494 e. The molecule has 1 fully saturated rings. The van der Waals surface area contributed by atoms with Gasteiger partial charge in [0.2, 0.25) is 0 Å². The first-order chi connectivity index (χ1) is 7.28. The number of rotatable bonds is 4. The van der Waals surface area contributed by atoms with Gasteiger partial charge in [-0.15, -0.1) is 11.6 Å². The second-order valence-electron chi connectivity index (χ2n) is 3.71. The summed E-state index contributed by atoms with van der Waals surface area (Å²) in [6, 6.07) is 7.73. The molecule has 1 aliphatic rings. The van der Waals surface area contributed by atoms with Gasteiger partial charge in [0, 0.05) is 18.2 Å². The van der Waals surface area contributed by atoms with E-state index in [9.17, 15) is 0 Å². The predicted molar refractivity (Wildman–Crippen MR) is 60.9 cm³/mol. The SMILES string of the molecule is CCOc1ccc(OC2CC(Cl)C2)cc1. The van der Waals surface area contributed by atoms with Gasteiger partial charge in [-0.25, -0.2) is 0 Å². The Morgan fingerprint density at radius 1 is 1.20 bits per heavy atom. The van der Waals surface area contributed by atoms with Gasteiger partial charge < -0.3 is 9.47 Å². The third-order valence-corrected chi connectivity index (χ3v) is 2.83. The Morgan fingerprint density at radius 2 is 1.80 bits per heavy atom. The number of ether oxygens (including phenoxy) is 2. The molecule has 0 atom stereocenters. The van der Waals surface area contributed by atoms with Crippen LogP contribution in [0.2, 0.25) is 0 Å². The Labute approximate surface area is 95.1 Å². The molecule has 15 heavy (non-hydrogen) atoms. The zero-order valence-corrected chi connectivity index (χ0v) is 9.54. The maximum absolute atomic E-state index is 5.88. The van der Waals surface area contributed by atoms with Crippen LogP contribution in [-0.4, -0.2) is 18.1 Å². The summed E-state index contributed by atoms with van der Waals surface area (Å²) in [4.78, 5) is 0. The molecule has 1 aromatic rings. The van der Waals surface area contributed by atoms with Crippen molar-refractivity contribution in [3.05, 3.63) is 24.3 Å². The van der Waals surface area contributed by atoms with Gasteiger partial charge in [-0.05, 0) is 31.2 Å². The second kappa shape index (κ2) is 4.75. The van der Waals surface area contributed by atoms with Crippen LogP contribution in [-0.2, 0) is 0 Å². The van der Waals surface area contributed by atoms with Gasteiger partial charge in [0.15, 0.2) is 0 Å². The minimum Gasteiger partial charge on any atom is -0.494 e. The Balaban J connectivity index is 1.87. The first kappa shape index (κ1) is 10.6. The molecule has 0 aromatic heterocycles. The monoisotopic (exact) mass is 226 g/mol. The molecule has 0 aliphatic heterocycles. The summed E-state index contributed by atoms with van der Waals surface area (Å²) in [5, 5.41) is 0.303. The fraction of sp³-hybridized carbons (Fsp3) is 0.500. The molecule has 1 saturated carbocycles. The van der Waals surface area contributed by atoms with E-state index in [0.717, 1.165) is 24.3 Å². The molecule has 0 spiro atoms. The Hall–Kier alpha value is -0.890. The maximum Gasteiger partial charge on any atom is 0.119 e. The van der Waals surface area contributed by atoms with E-state index >= 15 is 0 Å². The normalized spacial score (nSPS) is 24.4. The Kier molecular flexibility index (Phi) is 3.37. The van der Waals surface area contributed by atoms with Crippen LogP contribution in [0, 0.1) is 0 Å². The molecule has 0 saturated heterocycles. The van der Waals surface area contributed by atoms with Crippen molar-refractivity contribution in [1.29, 1.82) is 0 Å². The fourth-order valence-electron chi connectivity index (χ4n) is 1.57. The van der Waals surface area contributed by atoms with Crippen molar-refractivity contribution in [3.8, 4) is 11.5 Å². The van der Waals surface area contributed by atoms with Gasteiger partial charge in [-0.2, -0.15) is 0 Å². The van der Waals surface area contributed by atoms with E-state index < -0.39 is 0 Å². The average molecular weight is 227 g/mol. The lowest BCUT2D eigenvalue weighted by molar-refractivity contribution is 0.124. The van der Waals surface area contributed by atoms with Crippen LogP contribution in [0.5, 0.6) is 11.5 Å². The molecule has 2 rings (SSSR count). The smallest absolute Gasteiger partial charge is 0.119 e. The molecule has 0 amide bonds. The van der Waals surface area contributed by atoms with Crippen LogP contribution >= 0.6 is 11.6 Å². The van der Waals surface area contributed by atoms with Crippen LogP contribution in [0.4, 0.5) is 0 Å². The van der Waals surface area contributed by atoms with Gasteiger partial charge in [-0.3, -0.25) is 0 Å². The molecule has 1 aromatic carbocycles. The van der Waals surface area contributed by atoms with Gasteiger partial charge in [-0.1, -0.05) is 0 Å². The van der Waals surface area contributed by atoms with Crippen molar-refractivity contribution in [3.63, 3.8) is 0 Å². The summed E-state index contributed by atoms with van der Waals surface area (Å²) < 4.78 is 11.1. The van der Waals surface area contributed by atoms with Gasteiger partial charge in [0.05, 0.1) is 6.61 Å². The summed E-state index contributed by atoms with van der Waals surface area (Å²) in [6.07, 6.45) is 2.20. The standard InChI is InChI=1S/C12H15ClO2/c1-2-14-10-3-5-11(6-4-10)15-12-7-9(13)8-12/h3-6,9,12H,2,7-8H2,1H3. The summed E-state index contributed by atoms with van der Waals surface area (Å²) in [5.74, 6) is 1.78. The number of hydrogen-bond acceptors (Lipinski definition) is 2. The number of halogens is 1.